The third kappa shape index (κ3) is 3.71. The van der Waals surface area contributed by atoms with E-state index in [1.165, 1.54) is 0 Å². The Morgan fingerprint density at radius 3 is 2.35 bits per heavy atom. The summed E-state index contributed by atoms with van der Waals surface area (Å²) in [5, 5.41) is 14.9. The van der Waals surface area contributed by atoms with Gasteiger partial charge in [0, 0.05) is 26.2 Å². The molecule has 5 rings (SSSR count). The molecule has 0 aromatic heterocycles. The lowest BCUT2D eigenvalue weighted by Crippen LogP contribution is -2.52. The van der Waals surface area contributed by atoms with Crippen LogP contribution in [0.5, 0.6) is 5.75 Å². The number of carbonyl (C=O) groups excluding carboxylic acids is 3. The van der Waals surface area contributed by atoms with Crippen molar-refractivity contribution in [3.05, 3.63) is 72.3 Å². The van der Waals surface area contributed by atoms with Crippen LogP contribution in [0.25, 0.3) is 10.8 Å². The third-order valence-corrected chi connectivity index (χ3v) is 6.75. The number of nitrogens with one attached hydrogen (secondary N) is 1. The minimum atomic E-state index is -1.23. The molecule has 2 heterocycles. The van der Waals surface area contributed by atoms with E-state index in [-0.39, 0.29) is 18.2 Å². The van der Waals surface area contributed by atoms with E-state index in [1.54, 1.807) is 24.0 Å². The summed E-state index contributed by atoms with van der Waals surface area (Å²) in [7, 11) is 0. The summed E-state index contributed by atoms with van der Waals surface area (Å²) in [4.78, 5) is 43.7. The van der Waals surface area contributed by atoms with Crippen LogP contribution in [-0.2, 0) is 15.1 Å². The van der Waals surface area contributed by atoms with Gasteiger partial charge in [0.15, 0.2) is 0 Å². The Morgan fingerprint density at radius 1 is 0.941 bits per heavy atom. The van der Waals surface area contributed by atoms with Gasteiger partial charge in [-0.05, 0) is 41.5 Å². The fraction of sp³-hybridized carbons (Fsp3) is 0.269. The quantitative estimate of drug-likeness (QED) is 0.587. The Balaban J connectivity index is 1.26. The lowest BCUT2D eigenvalue weighted by Gasteiger charge is -2.36. The average Bonchev–Trinajstić information content (AvgIpc) is 3.08. The number of nitrogens with zero attached hydrogens (tertiary/aromatic N) is 3. The van der Waals surface area contributed by atoms with Gasteiger partial charge in [0.2, 0.25) is 5.91 Å². The van der Waals surface area contributed by atoms with E-state index in [9.17, 15) is 19.5 Å². The van der Waals surface area contributed by atoms with Gasteiger partial charge in [-0.1, -0.05) is 48.5 Å². The van der Waals surface area contributed by atoms with E-state index in [2.05, 4.69) is 5.32 Å². The van der Waals surface area contributed by atoms with E-state index < -0.39 is 17.5 Å². The first-order valence-corrected chi connectivity index (χ1v) is 11.3. The van der Waals surface area contributed by atoms with Crippen molar-refractivity contribution in [2.45, 2.75) is 12.5 Å². The first-order valence-electron chi connectivity index (χ1n) is 11.3. The van der Waals surface area contributed by atoms with Crippen molar-refractivity contribution in [2.24, 2.45) is 0 Å². The lowest BCUT2D eigenvalue weighted by atomic mass is 9.90. The molecule has 0 radical (unpaired) electrons. The topological polar surface area (TPSA) is 93.2 Å². The van der Waals surface area contributed by atoms with Crippen molar-refractivity contribution in [1.82, 2.24) is 15.1 Å². The standard InChI is InChI=1S/C26H26N4O4/c1-26(20-11-10-18-6-2-3-7-19(18)16-20)24(33)30(25(34)27-26)17-23(32)29-14-12-28(13-15-29)21-8-4-5-9-22(21)31/h2-11,16,31H,12-15,17H2,1H3,(H,27,34)/t26-/m1/s1. The van der Waals surface area contributed by atoms with Gasteiger partial charge in [-0.25, -0.2) is 4.79 Å². The second-order valence-corrected chi connectivity index (χ2v) is 8.86. The summed E-state index contributed by atoms with van der Waals surface area (Å²) < 4.78 is 0. The number of amides is 4. The number of piperazine rings is 1. The third-order valence-electron chi connectivity index (χ3n) is 6.75. The fourth-order valence-electron chi connectivity index (χ4n) is 4.70. The Kier molecular flexibility index (Phi) is 5.36. The molecule has 0 aliphatic carbocycles. The van der Waals surface area contributed by atoms with Crippen LogP contribution in [0.15, 0.2) is 66.7 Å². The maximum absolute atomic E-state index is 13.3. The molecular formula is C26H26N4O4. The zero-order valence-electron chi connectivity index (χ0n) is 18.9. The molecule has 0 spiro atoms. The lowest BCUT2D eigenvalue weighted by molar-refractivity contribution is -0.139. The van der Waals surface area contributed by atoms with Crippen LogP contribution in [0.2, 0.25) is 0 Å². The molecule has 2 aliphatic heterocycles. The van der Waals surface area contributed by atoms with Crippen LogP contribution in [-0.4, -0.2) is 65.5 Å². The van der Waals surface area contributed by atoms with Gasteiger partial charge in [-0.3, -0.25) is 14.5 Å². The molecule has 2 saturated heterocycles. The van der Waals surface area contributed by atoms with Crippen LogP contribution in [0.1, 0.15) is 12.5 Å². The number of carbonyl (C=O) groups is 3. The SMILES string of the molecule is C[C@]1(c2ccc3ccccc3c2)NC(=O)N(CC(=O)N2CCN(c3ccccc3O)CC2)C1=O. The zero-order valence-corrected chi connectivity index (χ0v) is 18.9. The molecule has 2 aliphatic rings. The van der Waals surface area contributed by atoms with Crippen LogP contribution in [0, 0.1) is 0 Å². The van der Waals surface area contributed by atoms with E-state index in [0.717, 1.165) is 21.4 Å². The second-order valence-electron chi connectivity index (χ2n) is 8.86. The predicted octanol–water partition coefficient (Wildman–Crippen LogP) is 2.66. The van der Waals surface area contributed by atoms with Crippen LogP contribution in [0.4, 0.5) is 10.5 Å². The number of hydrogen-bond donors (Lipinski definition) is 2. The summed E-state index contributed by atoms with van der Waals surface area (Å²) in [5.41, 5.74) is 0.177. The molecule has 3 aromatic carbocycles. The predicted molar refractivity (Wildman–Crippen MR) is 128 cm³/mol. The minimum absolute atomic E-state index is 0.203. The van der Waals surface area contributed by atoms with E-state index in [1.807, 2.05) is 59.5 Å². The molecule has 0 unspecified atom stereocenters. The van der Waals surface area contributed by atoms with Crippen molar-refractivity contribution in [2.75, 3.05) is 37.6 Å². The maximum atomic E-state index is 13.3. The van der Waals surface area contributed by atoms with Gasteiger partial charge in [0.05, 0.1) is 5.69 Å². The number of rotatable bonds is 4. The van der Waals surface area contributed by atoms with Crippen molar-refractivity contribution < 1.29 is 19.5 Å². The second kappa shape index (κ2) is 8.37. The summed E-state index contributed by atoms with van der Waals surface area (Å²) in [6.45, 7) is 3.37. The van der Waals surface area contributed by atoms with Crippen molar-refractivity contribution in [3.8, 4) is 5.75 Å². The highest BCUT2D eigenvalue weighted by Crippen LogP contribution is 2.31. The Labute approximate surface area is 197 Å². The summed E-state index contributed by atoms with van der Waals surface area (Å²) >= 11 is 0. The summed E-state index contributed by atoms with van der Waals surface area (Å²) in [6.07, 6.45) is 0. The molecule has 0 bridgehead atoms. The number of fused-ring (bicyclic) bond motifs is 1. The van der Waals surface area contributed by atoms with Gasteiger partial charge >= 0.3 is 6.03 Å². The van der Waals surface area contributed by atoms with Gasteiger partial charge in [0.1, 0.15) is 17.8 Å². The van der Waals surface area contributed by atoms with Crippen LogP contribution < -0.4 is 10.2 Å². The molecule has 8 heteroatoms. The van der Waals surface area contributed by atoms with Crippen LogP contribution in [0.3, 0.4) is 0 Å². The van der Waals surface area contributed by atoms with Crippen molar-refractivity contribution in [1.29, 1.82) is 0 Å². The number of phenols is 1. The number of imide groups is 1. The number of anilines is 1. The Hall–Kier alpha value is -4.07. The summed E-state index contributed by atoms with van der Waals surface area (Å²) in [6, 6.07) is 20.0. The Morgan fingerprint density at radius 2 is 1.62 bits per heavy atom. The van der Waals surface area contributed by atoms with E-state index in [0.29, 0.717) is 31.7 Å². The molecule has 34 heavy (non-hydrogen) atoms. The molecule has 0 saturated carbocycles. The average molecular weight is 459 g/mol. The van der Waals surface area contributed by atoms with Gasteiger partial charge in [0.25, 0.3) is 5.91 Å². The van der Waals surface area contributed by atoms with Gasteiger partial charge < -0.3 is 20.2 Å². The van der Waals surface area contributed by atoms with E-state index in [4.69, 9.17) is 0 Å². The number of aromatic hydroxyl groups is 1. The minimum Gasteiger partial charge on any atom is -0.506 e. The Bertz CT molecular complexity index is 1280. The number of phenolic OH excluding ortho intramolecular Hbond substituents is 1. The van der Waals surface area contributed by atoms with Crippen molar-refractivity contribution >= 4 is 34.3 Å². The maximum Gasteiger partial charge on any atom is 0.325 e. The molecular weight excluding hydrogens is 432 g/mol. The highest BCUT2D eigenvalue weighted by molar-refractivity contribution is 6.09. The summed E-state index contributed by atoms with van der Waals surface area (Å²) in [5.74, 6) is -0.508. The highest BCUT2D eigenvalue weighted by atomic mass is 16.3. The molecule has 1 atom stereocenters. The fourth-order valence-corrected chi connectivity index (χ4v) is 4.70. The number of para-hydroxylation sites is 2. The van der Waals surface area contributed by atoms with Crippen molar-refractivity contribution in [3.63, 3.8) is 0 Å². The molecule has 8 nitrogen and oxygen atoms in total. The number of benzene rings is 3. The molecule has 2 fully saturated rings. The molecule has 3 aromatic rings. The molecule has 174 valence electrons. The largest absolute Gasteiger partial charge is 0.506 e. The first-order chi connectivity index (χ1) is 16.4. The van der Waals surface area contributed by atoms with Crippen LogP contribution >= 0.6 is 0 Å². The smallest absolute Gasteiger partial charge is 0.325 e. The number of urea groups is 1. The van der Waals surface area contributed by atoms with E-state index >= 15 is 0 Å². The van der Waals surface area contributed by atoms with Gasteiger partial charge in [-0.15, -0.1) is 0 Å². The highest BCUT2D eigenvalue weighted by Gasteiger charge is 2.49. The first kappa shape index (κ1) is 21.8. The normalized spacial score (nSPS) is 20.7. The number of hydrogen-bond acceptors (Lipinski definition) is 5. The van der Waals surface area contributed by atoms with Gasteiger partial charge in [-0.2, -0.15) is 0 Å². The zero-order chi connectivity index (χ0) is 23.9. The molecule has 2 N–H and O–H groups in total. The molecule has 4 amide bonds. The monoisotopic (exact) mass is 458 g/mol.